The van der Waals surface area contributed by atoms with E-state index in [1.807, 2.05) is 18.2 Å². The topological polar surface area (TPSA) is 81.4 Å². The summed E-state index contributed by atoms with van der Waals surface area (Å²) < 4.78 is 0. The fourth-order valence-corrected chi connectivity index (χ4v) is 1.79. The highest BCUT2D eigenvalue weighted by atomic mass is 16.4. The monoisotopic (exact) mass is 274 g/mol. The highest BCUT2D eigenvalue weighted by Crippen LogP contribution is 2.15. The van der Waals surface area contributed by atoms with Crippen molar-refractivity contribution in [2.45, 2.75) is 26.2 Å². The van der Waals surface area contributed by atoms with Crippen molar-refractivity contribution in [2.75, 3.05) is 13.1 Å². The molecule has 0 fully saturated rings. The minimum Gasteiger partial charge on any atom is -0.480 e. The second-order valence-corrected chi connectivity index (χ2v) is 4.81. The average Bonchev–Trinajstić information content (AvgIpc) is 2.42. The normalized spacial score (nSPS) is 10.1. The molecule has 0 bridgehead atoms. The van der Waals surface area contributed by atoms with E-state index in [9.17, 15) is 9.59 Å². The molecule has 0 aromatic heterocycles. The molecule has 106 valence electrons. The highest BCUT2D eigenvalue weighted by molar-refractivity contribution is 5.95. The predicted molar refractivity (Wildman–Crippen MR) is 74.3 cm³/mol. The van der Waals surface area contributed by atoms with Gasteiger partial charge in [-0.25, -0.2) is 0 Å². The van der Waals surface area contributed by atoms with E-state index in [1.54, 1.807) is 12.1 Å². The molecule has 0 spiro atoms. The molecule has 5 nitrogen and oxygen atoms in total. The van der Waals surface area contributed by atoms with Crippen LogP contribution in [-0.2, 0) is 4.79 Å². The first-order chi connectivity index (χ1) is 9.45. The summed E-state index contributed by atoms with van der Waals surface area (Å²) in [5.41, 5.74) is 1.55. The van der Waals surface area contributed by atoms with Crippen molar-refractivity contribution in [2.24, 2.45) is 0 Å². The summed E-state index contributed by atoms with van der Waals surface area (Å²) >= 11 is 0. The molecule has 0 radical (unpaired) electrons. The van der Waals surface area contributed by atoms with Gasteiger partial charge in [-0.2, -0.15) is 5.26 Å². The molecule has 0 aliphatic carbocycles. The number of rotatable bonds is 6. The Morgan fingerprint density at radius 1 is 1.30 bits per heavy atom. The van der Waals surface area contributed by atoms with E-state index >= 15 is 0 Å². The molecule has 0 aliphatic rings. The Morgan fingerprint density at radius 3 is 2.35 bits per heavy atom. The van der Waals surface area contributed by atoms with Gasteiger partial charge in [0.2, 0.25) is 0 Å². The lowest BCUT2D eigenvalue weighted by molar-refractivity contribution is -0.137. The Kier molecular flexibility index (Phi) is 5.73. The number of amides is 1. The smallest absolute Gasteiger partial charge is 0.323 e. The Morgan fingerprint density at radius 2 is 1.90 bits per heavy atom. The van der Waals surface area contributed by atoms with E-state index in [4.69, 9.17) is 10.4 Å². The van der Waals surface area contributed by atoms with Crippen LogP contribution in [0, 0.1) is 11.3 Å². The number of hydrogen-bond donors (Lipinski definition) is 1. The standard InChI is InChI=1S/C15H18N2O3/c1-11(2)12-4-6-13(7-5-12)15(20)17(9-3-8-16)10-14(18)19/h4-7,11H,3,9-10H2,1-2H3,(H,18,19). The van der Waals surface area contributed by atoms with E-state index in [1.165, 1.54) is 4.90 Å². The summed E-state index contributed by atoms with van der Waals surface area (Å²) in [5, 5.41) is 17.4. The van der Waals surface area contributed by atoms with Gasteiger partial charge in [0.25, 0.3) is 5.91 Å². The number of carbonyl (C=O) groups is 2. The highest BCUT2D eigenvalue weighted by Gasteiger charge is 2.18. The third-order valence-corrected chi connectivity index (χ3v) is 2.93. The van der Waals surface area contributed by atoms with Gasteiger partial charge in [0.05, 0.1) is 12.5 Å². The second kappa shape index (κ2) is 7.29. The Balaban J connectivity index is 2.87. The molecule has 5 heteroatoms. The van der Waals surface area contributed by atoms with Crippen molar-refractivity contribution in [3.05, 3.63) is 35.4 Å². The molecule has 0 atom stereocenters. The van der Waals surface area contributed by atoms with Gasteiger partial charge in [0.15, 0.2) is 0 Å². The zero-order valence-corrected chi connectivity index (χ0v) is 11.7. The number of carboxylic acid groups (broad SMARTS) is 1. The van der Waals surface area contributed by atoms with Crippen molar-refractivity contribution in [1.82, 2.24) is 4.90 Å². The molecule has 0 unspecified atom stereocenters. The Hall–Kier alpha value is -2.35. The van der Waals surface area contributed by atoms with Crippen LogP contribution in [0.25, 0.3) is 0 Å². The molecular formula is C15H18N2O3. The number of nitriles is 1. The molecule has 0 heterocycles. The van der Waals surface area contributed by atoms with Gasteiger partial charge >= 0.3 is 5.97 Å². The fraction of sp³-hybridized carbons (Fsp3) is 0.400. The second-order valence-electron chi connectivity index (χ2n) is 4.81. The Bertz CT molecular complexity index is 515. The predicted octanol–water partition coefficient (Wildman–Crippen LogP) is 2.25. The van der Waals surface area contributed by atoms with Crippen LogP contribution >= 0.6 is 0 Å². The lowest BCUT2D eigenvalue weighted by Gasteiger charge is -2.19. The quantitative estimate of drug-likeness (QED) is 0.862. The van der Waals surface area contributed by atoms with Gasteiger partial charge in [-0.1, -0.05) is 26.0 Å². The molecule has 0 saturated heterocycles. The van der Waals surface area contributed by atoms with Gasteiger partial charge < -0.3 is 10.0 Å². The zero-order chi connectivity index (χ0) is 15.1. The third-order valence-electron chi connectivity index (χ3n) is 2.93. The number of aliphatic carboxylic acids is 1. The van der Waals surface area contributed by atoms with Crippen LogP contribution in [0.15, 0.2) is 24.3 Å². The van der Waals surface area contributed by atoms with E-state index in [0.717, 1.165) is 5.56 Å². The maximum atomic E-state index is 12.2. The van der Waals surface area contributed by atoms with E-state index in [-0.39, 0.29) is 18.9 Å². The first-order valence-electron chi connectivity index (χ1n) is 6.43. The molecule has 20 heavy (non-hydrogen) atoms. The molecule has 1 N–H and O–H groups in total. The van der Waals surface area contributed by atoms with Crippen LogP contribution in [0.4, 0.5) is 0 Å². The summed E-state index contributed by atoms with van der Waals surface area (Å²) in [6, 6.07) is 9.03. The number of benzene rings is 1. The molecule has 1 aromatic carbocycles. The first kappa shape index (κ1) is 15.7. The summed E-state index contributed by atoms with van der Waals surface area (Å²) in [6.07, 6.45) is 0.114. The zero-order valence-electron chi connectivity index (χ0n) is 11.7. The Labute approximate surface area is 118 Å². The van der Waals surface area contributed by atoms with Crippen molar-refractivity contribution < 1.29 is 14.7 Å². The van der Waals surface area contributed by atoms with Crippen LogP contribution in [0.2, 0.25) is 0 Å². The summed E-state index contributed by atoms with van der Waals surface area (Å²) in [6.45, 7) is 3.83. The largest absolute Gasteiger partial charge is 0.480 e. The number of nitrogens with zero attached hydrogens (tertiary/aromatic N) is 2. The van der Waals surface area contributed by atoms with Gasteiger partial charge in [-0.05, 0) is 23.6 Å². The number of carboxylic acids is 1. The van der Waals surface area contributed by atoms with Crippen molar-refractivity contribution >= 4 is 11.9 Å². The fourth-order valence-electron chi connectivity index (χ4n) is 1.79. The van der Waals surface area contributed by atoms with E-state index < -0.39 is 12.5 Å². The lowest BCUT2D eigenvalue weighted by Crippen LogP contribution is -2.36. The minimum absolute atomic E-state index is 0.114. The van der Waals surface area contributed by atoms with Crippen molar-refractivity contribution in [3.63, 3.8) is 0 Å². The first-order valence-corrected chi connectivity index (χ1v) is 6.43. The molecule has 1 aromatic rings. The van der Waals surface area contributed by atoms with E-state index in [0.29, 0.717) is 11.5 Å². The summed E-state index contributed by atoms with van der Waals surface area (Å²) in [7, 11) is 0. The van der Waals surface area contributed by atoms with Crippen LogP contribution < -0.4 is 0 Å². The average molecular weight is 274 g/mol. The van der Waals surface area contributed by atoms with Crippen LogP contribution in [0.5, 0.6) is 0 Å². The van der Waals surface area contributed by atoms with E-state index in [2.05, 4.69) is 13.8 Å². The number of carbonyl (C=O) groups excluding carboxylic acids is 1. The molecule has 1 rings (SSSR count). The molecular weight excluding hydrogens is 256 g/mol. The van der Waals surface area contributed by atoms with Crippen LogP contribution in [-0.4, -0.2) is 35.0 Å². The SMILES string of the molecule is CC(C)c1ccc(C(=O)N(CCC#N)CC(=O)O)cc1. The van der Waals surface area contributed by atoms with Gasteiger partial charge in [0.1, 0.15) is 6.54 Å². The van der Waals surface area contributed by atoms with Crippen LogP contribution in [0.1, 0.15) is 42.1 Å². The minimum atomic E-state index is -1.09. The third kappa shape index (κ3) is 4.39. The van der Waals surface area contributed by atoms with Crippen molar-refractivity contribution in [3.8, 4) is 6.07 Å². The summed E-state index contributed by atoms with van der Waals surface area (Å²) in [4.78, 5) is 24.2. The maximum absolute atomic E-state index is 12.2. The maximum Gasteiger partial charge on any atom is 0.323 e. The van der Waals surface area contributed by atoms with Gasteiger partial charge in [-0.3, -0.25) is 9.59 Å². The number of hydrogen-bond acceptors (Lipinski definition) is 3. The molecule has 0 aliphatic heterocycles. The molecule has 0 saturated carbocycles. The lowest BCUT2D eigenvalue weighted by atomic mass is 10.0. The van der Waals surface area contributed by atoms with Gasteiger partial charge in [0, 0.05) is 12.1 Å². The van der Waals surface area contributed by atoms with Crippen LogP contribution in [0.3, 0.4) is 0 Å². The summed E-state index contributed by atoms with van der Waals surface area (Å²) in [5.74, 6) is -1.08. The van der Waals surface area contributed by atoms with Gasteiger partial charge in [-0.15, -0.1) is 0 Å². The molecule has 1 amide bonds. The van der Waals surface area contributed by atoms with Crippen molar-refractivity contribution in [1.29, 1.82) is 5.26 Å².